The van der Waals surface area contributed by atoms with E-state index in [2.05, 4.69) is 6.58 Å². The van der Waals surface area contributed by atoms with Gasteiger partial charge in [-0.2, -0.15) is 0 Å². The Kier molecular flexibility index (Phi) is 3.89. The van der Waals surface area contributed by atoms with E-state index in [1.54, 1.807) is 13.8 Å². The van der Waals surface area contributed by atoms with E-state index in [4.69, 9.17) is 14.6 Å². The van der Waals surface area contributed by atoms with Gasteiger partial charge in [0, 0.05) is 12.5 Å². The smallest absolute Gasteiger partial charge is 0.163 e. The Hall–Kier alpha value is -0.420. The third kappa shape index (κ3) is 2.78. The average molecular weight is 216 g/mol. The van der Waals surface area contributed by atoms with Crippen LogP contribution < -0.4 is 0 Å². The van der Waals surface area contributed by atoms with Gasteiger partial charge in [-0.05, 0) is 13.8 Å². The molecule has 88 valence electrons. The molecule has 0 aromatic carbocycles. The van der Waals surface area contributed by atoms with Crippen molar-refractivity contribution in [2.75, 3.05) is 6.61 Å². The first-order valence-corrected chi connectivity index (χ1v) is 5.18. The zero-order chi connectivity index (χ0) is 11.6. The fraction of sp³-hybridized carbons (Fsp3) is 0.818. The highest BCUT2D eigenvalue weighted by molar-refractivity contribution is 4.95. The zero-order valence-electron chi connectivity index (χ0n) is 9.51. The van der Waals surface area contributed by atoms with Crippen LogP contribution in [0.4, 0.5) is 0 Å². The molecule has 0 amide bonds. The van der Waals surface area contributed by atoms with Crippen LogP contribution in [-0.2, 0) is 9.47 Å². The third-order valence-corrected chi connectivity index (χ3v) is 2.59. The summed E-state index contributed by atoms with van der Waals surface area (Å²) >= 11 is 0. The molecule has 1 rings (SSSR count). The average Bonchev–Trinajstić information content (AvgIpc) is 2.52. The molecule has 4 nitrogen and oxygen atoms in total. The molecule has 1 aliphatic rings. The fourth-order valence-electron chi connectivity index (χ4n) is 1.76. The van der Waals surface area contributed by atoms with Crippen LogP contribution >= 0.6 is 0 Å². The quantitative estimate of drug-likeness (QED) is 0.679. The van der Waals surface area contributed by atoms with E-state index in [1.165, 1.54) is 6.08 Å². The molecule has 4 heteroatoms. The molecule has 2 N–H and O–H groups in total. The highest BCUT2D eigenvalue weighted by Crippen LogP contribution is 2.33. The molecule has 1 heterocycles. The summed E-state index contributed by atoms with van der Waals surface area (Å²) in [4.78, 5) is 0. The van der Waals surface area contributed by atoms with Gasteiger partial charge in [-0.1, -0.05) is 13.0 Å². The first-order valence-electron chi connectivity index (χ1n) is 5.18. The Labute approximate surface area is 90.5 Å². The van der Waals surface area contributed by atoms with Crippen LogP contribution in [0.2, 0.25) is 0 Å². The highest BCUT2D eigenvalue weighted by Gasteiger charge is 2.46. The Morgan fingerprint density at radius 3 is 2.40 bits per heavy atom. The molecular formula is C11H20O4. The molecule has 4 atom stereocenters. The molecule has 3 unspecified atom stereocenters. The molecule has 0 aliphatic carbocycles. The minimum absolute atomic E-state index is 0.00443. The van der Waals surface area contributed by atoms with Gasteiger partial charge in [0.15, 0.2) is 5.79 Å². The zero-order valence-corrected chi connectivity index (χ0v) is 9.51. The second-order valence-corrected chi connectivity index (χ2v) is 4.45. The molecule has 1 aliphatic heterocycles. The Morgan fingerprint density at radius 2 is 1.93 bits per heavy atom. The topological polar surface area (TPSA) is 58.9 Å². The normalized spacial score (nSPS) is 33.7. The van der Waals surface area contributed by atoms with Gasteiger partial charge in [0.05, 0.1) is 6.10 Å². The van der Waals surface area contributed by atoms with Crippen molar-refractivity contribution in [3.63, 3.8) is 0 Å². The van der Waals surface area contributed by atoms with Gasteiger partial charge in [-0.15, -0.1) is 6.58 Å². The van der Waals surface area contributed by atoms with Gasteiger partial charge < -0.3 is 19.7 Å². The van der Waals surface area contributed by atoms with Crippen LogP contribution in [0.5, 0.6) is 0 Å². The van der Waals surface area contributed by atoms with Gasteiger partial charge >= 0.3 is 0 Å². The monoisotopic (exact) mass is 216 g/mol. The third-order valence-electron chi connectivity index (χ3n) is 2.59. The van der Waals surface area contributed by atoms with E-state index in [1.807, 2.05) is 6.92 Å². The first-order chi connectivity index (χ1) is 6.91. The highest BCUT2D eigenvalue weighted by atomic mass is 16.8. The van der Waals surface area contributed by atoms with E-state index in [9.17, 15) is 5.11 Å². The summed E-state index contributed by atoms with van der Waals surface area (Å²) in [6.45, 7) is 8.97. The molecule has 0 bridgehead atoms. The SMILES string of the molecule is C=CC(O)C1OC(C)(C)OC1[C@H](C)CO. The van der Waals surface area contributed by atoms with Gasteiger partial charge in [-0.25, -0.2) is 0 Å². The maximum absolute atomic E-state index is 9.70. The second kappa shape index (κ2) is 4.61. The molecule has 0 aromatic rings. The van der Waals surface area contributed by atoms with E-state index < -0.39 is 18.0 Å². The number of hydrogen-bond acceptors (Lipinski definition) is 4. The van der Waals surface area contributed by atoms with Gasteiger partial charge in [0.1, 0.15) is 12.2 Å². The van der Waals surface area contributed by atoms with Crippen LogP contribution in [0.3, 0.4) is 0 Å². The lowest BCUT2D eigenvalue weighted by Crippen LogP contribution is -2.38. The lowest BCUT2D eigenvalue weighted by atomic mass is 9.97. The Balaban J connectivity index is 2.78. The summed E-state index contributed by atoms with van der Waals surface area (Å²) in [5.41, 5.74) is 0. The molecule has 15 heavy (non-hydrogen) atoms. The number of rotatable bonds is 4. The van der Waals surface area contributed by atoms with Crippen LogP contribution in [0.25, 0.3) is 0 Å². The molecule has 0 saturated carbocycles. The number of ether oxygens (including phenoxy) is 2. The molecule has 1 fully saturated rings. The van der Waals surface area contributed by atoms with E-state index in [0.29, 0.717) is 0 Å². The predicted molar refractivity (Wildman–Crippen MR) is 56.3 cm³/mol. The van der Waals surface area contributed by atoms with Crippen molar-refractivity contribution >= 4 is 0 Å². The lowest BCUT2D eigenvalue weighted by molar-refractivity contribution is -0.155. The summed E-state index contributed by atoms with van der Waals surface area (Å²) in [6.07, 6.45) is -0.115. The van der Waals surface area contributed by atoms with Crippen molar-refractivity contribution in [3.8, 4) is 0 Å². The maximum Gasteiger partial charge on any atom is 0.163 e. The van der Waals surface area contributed by atoms with E-state index >= 15 is 0 Å². The summed E-state index contributed by atoms with van der Waals surface area (Å²) in [5, 5.41) is 18.8. The van der Waals surface area contributed by atoms with Crippen molar-refractivity contribution in [2.24, 2.45) is 5.92 Å². The molecule has 0 aromatic heterocycles. The van der Waals surface area contributed by atoms with Gasteiger partial charge in [-0.3, -0.25) is 0 Å². The van der Waals surface area contributed by atoms with Crippen LogP contribution in [-0.4, -0.2) is 40.9 Å². The van der Waals surface area contributed by atoms with E-state index in [-0.39, 0.29) is 18.6 Å². The minimum atomic E-state index is -0.772. The summed E-state index contributed by atoms with van der Waals surface area (Å²) < 4.78 is 11.2. The van der Waals surface area contributed by atoms with Crippen molar-refractivity contribution in [3.05, 3.63) is 12.7 Å². The minimum Gasteiger partial charge on any atom is -0.396 e. The second-order valence-electron chi connectivity index (χ2n) is 4.45. The fourth-order valence-corrected chi connectivity index (χ4v) is 1.76. The van der Waals surface area contributed by atoms with E-state index in [0.717, 1.165) is 0 Å². The lowest BCUT2D eigenvalue weighted by Gasteiger charge is -2.23. The summed E-state index contributed by atoms with van der Waals surface area (Å²) in [6, 6.07) is 0. The first kappa shape index (κ1) is 12.6. The molecule has 1 saturated heterocycles. The number of aliphatic hydroxyl groups is 2. The predicted octanol–water partition coefficient (Wildman–Crippen LogP) is 0.682. The van der Waals surface area contributed by atoms with Crippen molar-refractivity contribution in [1.82, 2.24) is 0 Å². The summed E-state index contributed by atoms with van der Waals surface area (Å²) in [7, 11) is 0. The Morgan fingerprint density at radius 1 is 1.40 bits per heavy atom. The molecule has 0 spiro atoms. The van der Waals surface area contributed by atoms with Crippen LogP contribution in [0.1, 0.15) is 20.8 Å². The number of aliphatic hydroxyl groups excluding tert-OH is 2. The standard InChI is InChI=1S/C11H20O4/c1-5-8(13)10-9(7(2)6-12)14-11(3,4)15-10/h5,7-10,12-13H,1,6H2,2-4H3/t7-,8?,9?,10?/m1/s1. The summed E-state index contributed by atoms with van der Waals surface area (Å²) in [5.74, 6) is -0.797. The largest absolute Gasteiger partial charge is 0.396 e. The molecular weight excluding hydrogens is 196 g/mol. The van der Waals surface area contributed by atoms with Gasteiger partial charge in [0.25, 0.3) is 0 Å². The Bertz CT molecular complexity index is 227. The number of hydrogen-bond donors (Lipinski definition) is 2. The van der Waals surface area contributed by atoms with Crippen molar-refractivity contribution in [2.45, 2.75) is 44.9 Å². The molecule has 0 radical (unpaired) electrons. The van der Waals surface area contributed by atoms with Gasteiger partial charge in [0.2, 0.25) is 0 Å². The maximum atomic E-state index is 9.70. The van der Waals surface area contributed by atoms with Crippen molar-refractivity contribution in [1.29, 1.82) is 0 Å². The van der Waals surface area contributed by atoms with Crippen LogP contribution in [0, 0.1) is 5.92 Å². The van der Waals surface area contributed by atoms with Crippen molar-refractivity contribution < 1.29 is 19.7 Å². The van der Waals surface area contributed by atoms with Crippen LogP contribution in [0.15, 0.2) is 12.7 Å².